The smallest absolute Gasteiger partial charge is 0.242 e. The van der Waals surface area contributed by atoms with Gasteiger partial charge in [-0.15, -0.1) is 0 Å². The number of rotatable bonds is 1. The largest absolute Gasteiger partial charge is 0.458 e. The van der Waals surface area contributed by atoms with Gasteiger partial charge in [0.2, 0.25) is 5.91 Å². The quantitative estimate of drug-likeness (QED) is 0.658. The summed E-state index contributed by atoms with van der Waals surface area (Å²) in [4.78, 5) is 13.8. The second-order valence-corrected chi connectivity index (χ2v) is 5.81. The van der Waals surface area contributed by atoms with Crippen LogP contribution in [0.3, 0.4) is 0 Å². The first-order valence-electron chi connectivity index (χ1n) is 6.92. The van der Waals surface area contributed by atoms with Crippen LogP contribution in [0.1, 0.15) is 17.2 Å². The van der Waals surface area contributed by atoms with Crippen LogP contribution in [0.25, 0.3) is 11.0 Å². The molecule has 1 aromatic heterocycles. The van der Waals surface area contributed by atoms with Crippen molar-refractivity contribution >= 4 is 34.2 Å². The molecule has 4 rings (SSSR count). The molecule has 0 saturated heterocycles. The van der Waals surface area contributed by atoms with Gasteiger partial charge in [0.05, 0.1) is 10.7 Å². The molecule has 0 fully saturated rings. The lowest BCUT2D eigenvalue weighted by Crippen LogP contribution is -2.24. The Hall–Kier alpha value is -2.40. The summed E-state index contributed by atoms with van der Waals surface area (Å²) in [5, 5.41) is 0.916. The zero-order valence-corrected chi connectivity index (χ0v) is 12.7. The summed E-state index contributed by atoms with van der Waals surface area (Å²) in [5.74, 6) is -2.79. The predicted octanol–water partition coefficient (Wildman–Crippen LogP) is 4.47. The molecule has 2 heterocycles. The van der Waals surface area contributed by atoms with Crippen molar-refractivity contribution in [2.45, 2.75) is 5.92 Å². The molecule has 2 aromatic carbocycles. The second-order valence-electron chi connectivity index (χ2n) is 5.43. The summed E-state index contributed by atoms with van der Waals surface area (Å²) in [6.07, 6.45) is 0. The molecule has 3 nitrogen and oxygen atoms in total. The number of nitrogens with zero attached hydrogens (tertiary/aromatic N) is 1. The van der Waals surface area contributed by atoms with Gasteiger partial charge in [-0.05, 0) is 18.2 Å². The molecule has 0 spiro atoms. The molecule has 116 valence electrons. The number of benzene rings is 2. The van der Waals surface area contributed by atoms with Crippen molar-refractivity contribution in [2.75, 3.05) is 11.9 Å². The molecule has 0 radical (unpaired) electrons. The molecular weight excluding hydrogens is 324 g/mol. The fourth-order valence-electron chi connectivity index (χ4n) is 3.03. The van der Waals surface area contributed by atoms with Crippen molar-refractivity contribution in [3.8, 4) is 0 Å². The van der Waals surface area contributed by atoms with Gasteiger partial charge in [-0.3, -0.25) is 4.79 Å². The molecular formula is C17H10ClF2NO2. The number of para-hydroxylation sites is 1. The van der Waals surface area contributed by atoms with Crippen LogP contribution >= 0.6 is 11.6 Å². The first-order valence-corrected chi connectivity index (χ1v) is 7.30. The number of halogens is 3. The first kappa shape index (κ1) is 14.2. The Labute approximate surface area is 135 Å². The van der Waals surface area contributed by atoms with Crippen LogP contribution in [-0.4, -0.2) is 13.0 Å². The molecule has 0 saturated carbocycles. The van der Waals surface area contributed by atoms with E-state index in [-0.39, 0.29) is 22.0 Å². The number of fused-ring (bicyclic) bond motifs is 2. The van der Waals surface area contributed by atoms with Crippen LogP contribution in [0.5, 0.6) is 0 Å². The molecule has 6 heteroatoms. The molecule has 3 aromatic rings. The number of hydrogen-bond acceptors (Lipinski definition) is 2. The van der Waals surface area contributed by atoms with Crippen LogP contribution in [0.4, 0.5) is 14.5 Å². The summed E-state index contributed by atoms with van der Waals surface area (Å²) in [5.41, 5.74) is 0.785. The molecule has 23 heavy (non-hydrogen) atoms. The Morgan fingerprint density at radius 2 is 1.96 bits per heavy atom. The van der Waals surface area contributed by atoms with Crippen molar-refractivity contribution in [1.82, 2.24) is 0 Å². The average Bonchev–Trinajstić information content (AvgIpc) is 2.97. The minimum Gasteiger partial charge on any atom is -0.458 e. The number of furan rings is 1. The maximum atomic E-state index is 14.3. The van der Waals surface area contributed by atoms with E-state index < -0.39 is 23.5 Å². The van der Waals surface area contributed by atoms with E-state index in [0.717, 1.165) is 12.1 Å². The third-order valence-corrected chi connectivity index (χ3v) is 4.51. The molecule has 1 aliphatic heterocycles. The standard InChI is InChI=1S/C17H10ClF2NO2/c1-21-11-7-8(19)6-10(20)13(11)14(17(21)22)16-15(18)9-4-2-3-5-12(9)23-16/h2-7,14H,1H3/t14-/m0/s1. The van der Waals surface area contributed by atoms with E-state index in [9.17, 15) is 13.6 Å². The molecule has 1 atom stereocenters. The van der Waals surface area contributed by atoms with Crippen LogP contribution < -0.4 is 4.90 Å². The highest BCUT2D eigenvalue weighted by Gasteiger charge is 2.42. The van der Waals surface area contributed by atoms with E-state index in [2.05, 4.69) is 0 Å². The van der Waals surface area contributed by atoms with Crippen LogP contribution in [0.15, 0.2) is 40.8 Å². The predicted molar refractivity (Wildman–Crippen MR) is 82.8 cm³/mol. The highest BCUT2D eigenvalue weighted by molar-refractivity contribution is 6.36. The van der Waals surface area contributed by atoms with Gasteiger partial charge in [0, 0.05) is 24.1 Å². The lowest BCUT2D eigenvalue weighted by molar-refractivity contribution is -0.118. The fraction of sp³-hybridized carbons (Fsp3) is 0.118. The van der Waals surface area contributed by atoms with Gasteiger partial charge < -0.3 is 9.32 Å². The molecule has 0 bridgehead atoms. The zero-order chi connectivity index (χ0) is 16.3. The van der Waals surface area contributed by atoms with Gasteiger partial charge in [-0.1, -0.05) is 23.7 Å². The maximum absolute atomic E-state index is 14.3. The van der Waals surface area contributed by atoms with Crippen molar-refractivity contribution < 1.29 is 18.0 Å². The molecule has 1 amide bonds. The Morgan fingerprint density at radius 1 is 1.22 bits per heavy atom. The van der Waals surface area contributed by atoms with Crippen LogP contribution in [-0.2, 0) is 4.79 Å². The summed E-state index contributed by atoms with van der Waals surface area (Å²) >= 11 is 6.34. The highest BCUT2D eigenvalue weighted by Crippen LogP contribution is 2.46. The zero-order valence-electron chi connectivity index (χ0n) is 11.9. The number of carbonyl (C=O) groups excluding carboxylic acids is 1. The van der Waals surface area contributed by atoms with E-state index in [1.165, 1.54) is 11.9 Å². The van der Waals surface area contributed by atoms with Gasteiger partial charge in [-0.2, -0.15) is 0 Å². The minimum absolute atomic E-state index is 0.0832. The fourth-order valence-corrected chi connectivity index (χ4v) is 3.34. The first-order chi connectivity index (χ1) is 11.0. The topological polar surface area (TPSA) is 33.5 Å². The van der Waals surface area contributed by atoms with Gasteiger partial charge in [0.15, 0.2) is 0 Å². The number of anilines is 1. The van der Waals surface area contributed by atoms with Gasteiger partial charge >= 0.3 is 0 Å². The number of carbonyl (C=O) groups is 1. The van der Waals surface area contributed by atoms with E-state index in [4.69, 9.17) is 16.0 Å². The Bertz CT molecular complexity index is 967. The minimum atomic E-state index is -1.02. The van der Waals surface area contributed by atoms with E-state index in [1.807, 2.05) is 0 Å². The average molecular weight is 334 g/mol. The van der Waals surface area contributed by atoms with Crippen molar-refractivity contribution in [3.05, 3.63) is 64.4 Å². The SMILES string of the molecule is CN1C(=O)[C@H](c2oc3ccccc3c2Cl)c2c(F)cc(F)cc21. The second kappa shape index (κ2) is 4.80. The van der Waals surface area contributed by atoms with Gasteiger partial charge in [-0.25, -0.2) is 8.78 Å². The van der Waals surface area contributed by atoms with E-state index in [0.29, 0.717) is 11.0 Å². The van der Waals surface area contributed by atoms with Crippen LogP contribution in [0.2, 0.25) is 5.02 Å². The lowest BCUT2D eigenvalue weighted by atomic mass is 9.97. The Morgan fingerprint density at radius 3 is 2.70 bits per heavy atom. The van der Waals surface area contributed by atoms with Crippen molar-refractivity contribution in [1.29, 1.82) is 0 Å². The monoisotopic (exact) mass is 333 g/mol. The van der Waals surface area contributed by atoms with E-state index in [1.54, 1.807) is 24.3 Å². The normalized spacial score (nSPS) is 17.1. The molecule has 1 aliphatic rings. The van der Waals surface area contributed by atoms with Crippen LogP contribution in [0, 0.1) is 11.6 Å². The third-order valence-electron chi connectivity index (χ3n) is 4.12. The summed E-state index contributed by atoms with van der Waals surface area (Å²) in [7, 11) is 1.47. The summed E-state index contributed by atoms with van der Waals surface area (Å²) in [6.45, 7) is 0. The van der Waals surface area contributed by atoms with Gasteiger partial charge in [0.25, 0.3) is 0 Å². The highest BCUT2D eigenvalue weighted by atomic mass is 35.5. The maximum Gasteiger partial charge on any atom is 0.242 e. The van der Waals surface area contributed by atoms with Gasteiger partial charge in [0.1, 0.15) is 28.9 Å². The molecule has 0 N–H and O–H groups in total. The van der Waals surface area contributed by atoms with Crippen molar-refractivity contribution in [2.24, 2.45) is 0 Å². The number of likely N-dealkylation sites (N-methyl/N-ethyl adjacent to an activating group) is 1. The Kier molecular flexibility index (Phi) is 2.96. The summed E-state index contributed by atoms with van der Waals surface area (Å²) in [6, 6.07) is 8.94. The molecule has 0 unspecified atom stereocenters. The molecule has 0 aliphatic carbocycles. The summed E-state index contributed by atoms with van der Waals surface area (Å²) < 4.78 is 33.5. The number of hydrogen-bond donors (Lipinski definition) is 0. The van der Waals surface area contributed by atoms with Crippen molar-refractivity contribution in [3.63, 3.8) is 0 Å². The Balaban J connectivity index is 2.00. The lowest BCUT2D eigenvalue weighted by Gasteiger charge is -2.09. The van der Waals surface area contributed by atoms with E-state index >= 15 is 0 Å². The number of amides is 1. The third kappa shape index (κ3) is 1.90.